The maximum Gasteiger partial charge on any atom is 0.240 e. The van der Waals surface area contributed by atoms with E-state index in [2.05, 4.69) is 26.3 Å². The number of rotatable bonds is 5. The van der Waals surface area contributed by atoms with Gasteiger partial charge in [-0.3, -0.25) is 0 Å². The van der Waals surface area contributed by atoms with Gasteiger partial charge in [0.05, 0.1) is 23.3 Å². The van der Waals surface area contributed by atoms with E-state index in [1.165, 1.54) is 16.6 Å². The minimum atomic E-state index is -3.66. The van der Waals surface area contributed by atoms with Gasteiger partial charge in [-0.25, -0.2) is 17.8 Å². The lowest BCUT2D eigenvalue weighted by Crippen LogP contribution is -2.32. The molecule has 8 nitrogen and oxygen atoms in total. The summed E-state index contributed by atoms with van der Waals surface area (Å²) in [6, 6.07) is 12.8. The molecule has 0 aliphatic carbocycles. The quantitative estimate of drug-likeness (QED) is 0.716. The molecule has 1 unspecified atom stereocenters. The molecule has 1 aliphatic heterocycles. The van der Waals surface area contributed by atoms with Gasteiger partial charge in [0.25, 0.3) is 0 Å². The molecule has 27 heavy (non-hydrogen) atoms. The van der Waals surface area contributed by atoms with Crippen LogP contribution in [0.1, 0.15) is 22.8 Å². The third kappa shape index (κ3) is 3.61. The largest absolute Gasteiger partial charge is 0.372 e. The van der Waals surface area contributed by atoms with Gasteiger partial charge in [-0.05, 0) is 58.7 Å². The number of ether oxygens (including phenoxy) is 1. The van der Waals surface area contributed by atoms with Crippen LogP contribution in [0.5, 0.6) is 0 Å². The number of nitrogens with one attached hydrogen (secondary N) is 1. The number of hydrogen-bond acceptors (Lipinski definition) is 6. The molecule has 9 heteroatoms. The van der Waals surface area contributed by atoms with Crippen molar-refractivity contribution in [1.82, 2.24) is 24.9 Å². The fraction of sp³-hybridized carbons (Fsp3) is 0.278. The van der Waals surface area contributed by atoms with E-state index in [9.17, 15) is 8.42 Å². The Hall–Kier alpha value is -2.62. The number of fused-ring (bicyclic) bond motifs is 1. The van der Waals surface area contributed by atoms with Gasteiger partial charge in [-0.2, -0.15) is 0 Å². The number of aryl methyl sites for hydroxylation is 1. The maximum absolute atomic E-state index is 12.7. The summed E-state index contributed by atoms with van der Waals surface area (Å²) in [4.78, 5) is 0.195. The minimum absolute atomic E-state index is 0.188. The summed E-state index contributed by atoms with van der Waals surface area (Å²) in [6.07, 6.45) is 2.02. The van der Waals surface area contributed by atoms with Crippen LogP contribution in [-0.2, 0) is 21.2 Å². The summed E-state index contributed by atoms with van der Waals surface area (Å²) in [5.41, 5.74) is 3.72. The highest BCUT2D eigenvalue weighted by molar-refractivity contribution is 7.89. The van der Waals surface area contributed by atoms with Crippen molar-refractivity contribution in [2.75, 3.05) is 13.2 Å². The molecule has 2 heterocycles. The van der Waals surface area contributed by atoms with Gasteiger partial charge >= 0.3 is 0 Å². The standard InChI is InChI=1S/C18H19N5O3S/c1-13-10-15(6-7-17(13)23-12-19-21-22-23)27(24,25)20-11-18-16-5-3-2-4-14(16)8-9-26-18/h2-7,10,12,18,20H,8-9,11H2,1H3. The van der Waals surface area contributed by atoms with Crippen molar-refractivity contribution in [3.05, 3.63) is 65.5 Å². The first-order valence-corrected chi connectivity index (χ1v) is 10.1. The van der Waals surface area contributed by atoms with Crippen LogP contribution >= 0.6 is 0 Å². The van der Waals surface area contributed by atoms with Crippen LogP contribution in [0.25, 0.3) is 5.69 Å². The van der Waals surface area contributed by atoms with Crippen molar-refractivity contribution in [2.24, 2.45) is 0 Å². The Morgan fingerprint density at radius 3 is 2.89 bits per heavy atom. The third-order valence-corrected chi connectivity index (χ3v) is 6.05. The molecule has 1 N–H and O–H groups in total. The second kappa shape index (κ2) is 7.18. The fourth-order valence-corrected chi connectivity index (χ4v) is 4.35. The van der Waals surface area contributed by atoms with Crippen LogP contribution < -0.4 is 4.72 Å². The predicted molar refractivity (Wildman–Crippen MR) is 97.9 cm³/mol. The van der Waals surface area contributed by atoms with Crippen molar-refractivity contribution in [2.45, 2.75) is 24.3 Å². The van der Waals surface area contributed by atoms with Gasteiger partial charge in [0, 0.05) is 6.54 Å². The van der Waals surface area contributed by atoms with Crippen LogP contribution in [0, 0.1) is 6.92 Å². The number of tetrazole rings is 1. The first-order chi connectivity index (χ1) is 13.0. The number of aromatic nitrogens is 4. The van der Waals surface area contributed by atoms with E-state index in [-0.39, 0.29) is 17.5 Å². The molecular formula is C18H19N5O3S. The van der Waals surface area contributed by atoms with Crippen molar-refractivity contribution in [1.29, 1.82) is 0 Å². The topological polar surface area (TPSA) is 99.0 Å². The predicted octanol–water partition coefficient (Wildman–Crippen LogP) is 1.56. The lowest BCUT2D eigenvalue weighted by molar-refractivity contribution is 0.0460. The number of benzene rings is 2. The molecular weight excluding hydrogens is 366 g/mol. The number of sulfonamides is 1. The van der Waals surface area contributed by atoms with Gasteiger partial charge in [-0.1, -0.05) is 24.3 Å². The van der Waals surface area contributed by atoms with Crippen LogP contribution in [0.2, 0.25) is 0 Å². The van der Waals surface area contributed by atoms with E-state index in [1.807, 2.05) is 25.1 Å². The Labute approximate surface area is 157 Å². The van der Waals surface area contributed by atoms with E-state index in [4.69, 9.17) is 4.74 Å². The summed E-state index contributed by atoms with van der Waals surface area (Å²) in [6.45, 7) is 2.59. The molecule has 1 aliphatic rings. The van der Waals surface area contributed by atoms with E-state index in [1.54, 1.807) is 18.2 Å². The highest BCUT2D eigenvalue weighted by atomic mass is 32.2. The van der Waals surface area contributed by atoms with Gasteiger partial charge in [0.1, 0.15) is 6.33 Å². The summed E-state index contributed by atoms with van der Waals surface area (Å²) in [7, 11) is -3.66. The fourth-order valence-electron chi connectivity index (χ4n) is 3.24. The third-order valence-electron chi connectivity index (χ3n) is 4.63. The Morgan fingerprint density at radius 1 is 1.26 bits per heavy atom. The zero-order chi connectivity index (χ0) is 18.9. The van der Waals surface area contributed by atoms with E-state index in [0.717, 1.165) is 23.2 Å². The molecule has 0 fully saturated rings. The van der Waals surface area contributed by atoms with Crippen LogP contribution in [-0.4, -0.2) is 41.8 Å². The average Bonchev–Trinajstić information content (AvgIpc) is 3.21. The van der Waals surface area contributed by atoms with Gasteiger partial charge in [-0.15, -0.1) is 5.10 Å². The van der Waals surface area contributed by atoms with Crippen LogP contribution in [0.4, 0.5) is 0 Å². The summed E-state index contributed by atoms with van der Waals surface area (Å²) in [5, 5.41) is 11.0. The number of hydrogen-bond donors (Lipinski definition) is 1. The summed E-state index contributed by atoms with van der Waals surface area (Å²) in [5.74, 6) is 0. The van der Waals surface area contributed by atoms with Crippen molar-refractivity contribution in [3.63, 3.8) is 0 Å². The molecule has 0 radical (unpaired) electrons. The van der Waals surface area contributed by atoms with Crippen molar-refractivity contribution < 1.29 is 13.2 Å². The maximum atomic E-state index is 12.7. The Bertz CT molecular complexity index is 1050. The Kier molecular flexibility index (Phi) is 4.73. The highest BCUT2D eigenvalue weighted by Crippen LogP contribution is 2.27. The SMILES string of the molecule is Cc1cc(S(=O)(=O)NCC2OCCc3ccccc32)ccc1-n1cnnn1. The monoisotopic (exact) mass is 385 g/mol. The molecule has 0 spiro atoms. The molecule has 0 saturated carbocycles. The molecule has 3 aromatic rings. The van der Waals surface area contributed by atoms with E-state index >= 15 is 0 Å². The van der Waals surface area contributed by atoms with Crippen molar-refractivity contribution >= 4 is 10.0 Å². The number of nitrogens with zero attached hydrogens (tertiary/aromatic N) is 4. The zero-order valence-electron chi connectivity index (χ0n) is 14.7. The molecule has 1 aromatic heterocycles. The van der Waals surface area contributed by atoms with Gasteiger partial charge in [0.2, 0.25) is 10.0 Å². The lowest BCUT2D eigenvalue weighted by Gasteiger charge is -2.26. The van der Waals surface area contributed by atoms with E-state index < -0.39 is 10.0 Å². The first kappa shape index (κ1) is 17.8. The highest BCUT2D eigenvalue weighted by Gasteiger charge is 2.23. The molecule has 140 valence electrons. The smallest absolute Gasteiger partial charge is 0.240 e. The Balaban J connectivity index is 1.52. The van der Waals surface area contributed by atoms with Gasteiger partial charge < -0.3 is 4.74 Å². The van der Waals surface area contributed by atoms with Gasteiger partial charge in [0.15, 0.2) is 0 Å². The van der Waals surface area contributed by atoms with Crippen LogP contribution in [0.15, 0.2) is 53.7 Å². The minimum Gasteiger partial charge on any atom is -0.372 e. The summed E-state index contributed by atoms with van der Waals surface area (Å²) < 4.78 is 35.4. The molecule has 1 atom stereocenters. The molecule has 0 amide bonds. The second-order valence-corrected chi connectivity index (χ2v) is 8.13. The lowest BCUT2D eigenvalue weighted by atomic mass is 9.98. The normalized spacial score (nSPS) is 16.9. The molecule has 2 aromatic carbocycles. The zero-order valence-corrected chi connectivity index (χ0v) is 15.6. The summed E-state index contributed by atoms with van der Waals surface area (Å²) >= 11 is 0. The second-order valence-electron chi connectivity index (χ2n) is 6.36. The van der Waals surface area contributed by atoms with E-state index in [0.29, 0.717) is 6.61 Å². The molecule has 0 bridgehead atoms. The average molecular weight is 385 g/mol. The first-order valence-electron chi connectivity index (χ1n) is 8.58. The Morgan fingerprint density at radius 2 is 2.11 bits per heavy atom. The van der Waals surface area contributed by atoms with Crippen molar-refractivity contribution in [3.8, 4) is 5.69 Å². The van der Waals surface area contributed by atoms with Crippen LogP contribution in [0.3, 0.4) is 0 Å². The molecule has 4 rings (SSSR count). The molecule has 0 saturated heterocycles.